The summed E-state index contributed by atoms with van der Waals surface area (Å²) < 4.78 is 0. The SMILES string of the molecule is NC(=O)c1cccc(-c2ccc(C=C3SC(=O)NC3=O)cc2Cc2ccccc2)c1. The van der Waals surface area contributed by atoms with Gasteiger partial charge in [0.1, 0.15) is 0 Å². The Morgan fingerprint density at radius 1 is 0.967 bits per heavy atom. The summed E-state index contributed by atoms with van der Waals surface area (Å²) in [6, 6.07) is 23.1. The Balaban J connectivity index is 1.78. The van der Waals surface area contributed by atoms with Gasteiger partial charge in [0.15, 0.2) is 0 Å². The van der Waals surface area contributed by atoms with Crippen LogP contribution in [0, 0.1) is 0 Å². The second-order valence-corrected chi connectivity index (χ2v) is 7.89. The van der Waals surface area contributed by atoms with E-state index in [4.69, 9.17) is 5.73 Å². The average molecular weight is 414 g/mol. The molecule has 30 heavy (non-hydrogen) atoms. The molecule has 1 aliphatic rings. The highest BCUT2D eigenvalue weighted by molar-refractivity contribution is 8.18. The third-order valence-electron chi connectivity index (χ3n) is 4.76. The number of nitrogens with two attached hydrogens (primary N) is 1. The molecule has 1 saturated heterocycles. The molecule has 0 bridgehead atoms. The van der Waals surface area contributed by atoms with Crippen molar-refractivity contribution < 1.29 is 14.4 Å². The van der Waals surface area contributed by atoms with Crippen molar-refractivity contribution in [3.63, 3.8) is 0 Å². The van der Waals surface area contributed by atoms with E-state index in [0.717, 1.165) is 39.6 Å². The lowest BCUT2D eigenvalue weighted by Crippen LogP contribution is -2.17. The Kier molecular flexibility index (Phi) is 5.50. The van der Waals surface area contributed by atoms with Crippen LogP contribution in [0.1, 0.15) is 27.0 Å². The van der Waals surface area contributed by atoms with Crippen LogP contribution < -0.4 is 11.1 Å². The van der Waals surface area contributed by atoms with E-state index in [-0.39, 0.29) is 11.1 Å². The van der Waals surface area contributed by atoms with Gasteiger partial charge in [-0.05, 0) is 64.2 Å². The number of primary amides is 1. The molecule has 0 aromatic heterocycles. The van der Waals surface area contributed by atoms with E-state index >= 15 is 0 Å². The highest BCUT2D eigenvalue weighted by atomic mass is 32.2. The molecule has 6 heteroatoms. The number of carbonyl (C=O) groups is 3. The molecule has 148 valence electrons. The van der Waals surface area contributed by atoms with E-state index in [1.165, 1.54) is 0 Å². The molecule has 0 aliphatic carbocycles. The highest BCUT2D eigenvalue weighted by Gasteiger charge is 2.25. The minimum absolute atomic E-state index is 0.365. The van der Waals surface area contributed by atoms with E-state index in [0.29, 0.717) is 16.9 Å². The van der Waals surface area contributed by atoms with Gasteiger partial charge in [0.05, 0.1) is 4.91 Å². The molecule has 3 aromatic rings. The summed E-state index contributed by atoms with van der Waals surface area (Å²) in [5.74, 6) is -0.857. The molecule has 5 nitrogen and oxygen atoms in total. The van der Waals surface area contributed by atoms with E-state index in [1.807, 2.05) is 60.7 Å². The summed E-state index contributed by atoms with van der Waals surface area (Å²) in [6.45, 7) is 0. The standard InChI is InChI=1S/C24H18N2O3S/c25-22(27)18-8-4-7-17(14-18)20-10-9-16(13-21-23(28)26-24(29)30-21)12-19(20)11-15-5-2-1-3-6-15/h1-10,12-14H,11H2,(H2,25,27)(H,26,28,29). The van der Waals surface area contributed by atoms with Crippen LogP contribution in [-0.2, 0) is 11.2 Å². The largest absolute Gasteiger partial charge is 0.366 e. The van der Waals surface area contributed by atoms with Crippen LogP contribution >= 0.6 is 11.8 Å². The van der Waals surface area contributed by atoms with Crippen LogP contribution in [0.15, 0.2) is 77.7 Å². The molecule has 0 saturated carbocycles. The molecule has 1 heterocycles. The van der Waals surface area contributed by atoms with Crippen LogP contribution in [0.3, 0.4) is 0 Å². The van der Waals surface area contributed by atoms with Crippen molar-refractivity contribution in [2.45, 2.75) is 6.42 Å². The Morgan fingerprint density at radius 3 is 2.47 bits per heavy atom. The van der Waals surface area contributed by atoms with Crippen molar-refractivity contribution in [2.24, 2.45) is 5.73 Å². The zero-order valence-electron chi connectivity index (χ0n) is 15.9. The fourth-order valence-corrected chi connectivity index (χ4v) is 4.04. The number of benzene rings is 3. The van der Waals surface area contributed by atoms with Gasteiger partial charge < -0.3 is 5.73 Å². The Bertz CT molecular complexity index is 1190. The second kappa shape index (κ2) is 8.39. The van der Waals surface area contributed by atoms with Crippen LogP contribution in [-0.4, -0.2) is 17.1 Å². The summed E-state index contributed by atoms with van der Waals surface area (Å²) in [7, 11) is 0. The number of imide groups is 1. The molecule has 1 aliphatic heterocycles. The molecule has 4 rings (SSSR count). The second-order valence-electron chi connectivity index (χ2n) is 6.88. The molecule has 0 unspecified atom stereocenters. The van der Waals surface area contributed by atoms with E-state index in [9.17, 15) is 14.4 Å². The number of hydrogen-bond acceptors (Lipinski definition) is 4. The van der Waals surface area contributed by atoms with E-state index in [1.54, 1.807) is 18.2 Å². The number of carbonyl (C=O) groups excluding carboxylic acids is 3. The van der Waals surface area contributed by atoms with Crippen molar-refractivity contribution in [3.8, 4) is 11.1 Å². The van der Waals surface area contributed by atoms with Crippen LogP contribution in [0.5, 0.6) is 0 Å². The minimum atomic E-state index is -0.475. The normalized spacial score (nSPS) is 14.7. The van der Waals surface area contributed by atoms with Crippen molar-refractivity contribution in [3.05, 3.63) is 100.0 Å². The maximum absolute atomic E-state index is 11.9. The van der Waals surface area contributed by atoms with Gasteiger partial charge in [-0.15, -0.1) is 0 Å². The zero-order chi connectivity index (χ0) is 21.1. The first-order valence-electron chi connectivity index (χ1n) is 9.31. The molecule has 1 fully saturated rings. The maximum Gasteiger partial charge on any atom is 0.290 e. The van der Waals surface area contributed by atoms with Crippen molar-refractivity contribution in [2.75, 3.05) is 0 Å². The quantitative estimate of drug-likeness (QED) is 0.607. The molecule has 3 amide bonds. The topological polar surface area (TPSA) is 89.3 Å². The van der Waals surface area contributed by atoms with Gasteiger partial charge in [-0.25, -0.2) is 0 Å². The van der Waals surface area contributed by atoms with Gasteiger partial charge in [-0.1, -0.05) is 60.7 Å². The number of hydrogen-bond donors (Lipinski definition) is 2. The fraction of sp³-hybridized carbons (Fsp3) is 0.0417. The Morgan fingerprint density at radius 2 is 1.77 bits per heavy atom. The molecular formula is C24H18N2O3S. The zero-order valence-corrected chi connectivity index (χ0v) is 16.7. The Hall–Kier alpha value is -3.64. The van der Waals surface area contributed by atoms with Gasteiger partial charge >= 0.3 is 0 Å². The lowest BCUT2D eigenvalue weighted by Gasteiger charge is -2.13. The predicted molar refractivity (Wildman–Crippen MR) is 119 cm³/mol. The fourth-order valence-electron chi connectivity index (χ4n) is 3.36. The van der Waals surface area contributed by atoms with Crippen LogP contribution in [0.2, 0.25) is 0 Å². The van der Waals surface area contributed by atoms with Crippen molar-refractivity contribution in [1.29, 1.82) is 0 Å². The summed E-state index contributed by atoms with van der Waals surface area (Å²) in [5, 5.41) is 1.90. The maximum atomic E-state index is 11.9. The summed E-state index contributed by atoms with van der Waals surface area (Å²) in [5.41, 5.74) is 10.8. The van der Waals surface area contributed by atoms with Gasteiger partial charge in [-0.2, -0.15) is 0 Å². The third kappa shape index (κ3) is 4.34. The monoisotopic (exact) mass is 414 g/mol. The summed E-state index contributed by atoms with van der Waals surface area (Å²) >= 11 is 0.894. The predicted octanol–water partition coefficient (Wildman–Crippen LogP) is 4.37. The molecule has 0 atom stereocenters. The summed E-state index contributed by atoms with van der Waals surface area (Å²) in [6.07, 6.45) is 2.38. The molecule has 0 spiro atoms. The number of thioether (sulfide) groups is 1. The van der Waals surface area contributed by atoms with Gasteiger partial charge in [0.2, 0.25) is 5.91 Å². The van der Waals surface area contributed by atoms with Crippen molar-refractivity contribution >= 4 is 34.9 Å². The van der Waals surface area contributed by atoms with Crippen LogP contribution in [0.4, 0.5) is 4.79 Å². The minimum Gasteiger partial charge on any atom is -0.366 e. The molecule has 3 N–H and O–H groups in total. The molecular weight excluding hydrogens is 396 g/mol. The first-order chi connectivity index (χ1) is 14.5. The average Bonchev–Trinajstić information content (AvgIpc) is 3.05. The van der Waals surface area contributed by atoms with Gasteiger partial charge in [-0.3, -0.25) is 19.7 Å². The highest BCUT2D eigenvalue weighted by Crippen LogP contribution is 2.30. The third-order valence-corrected chi connectivity index (χ3v) is 5.58. The smallest absolute Gasteiger partial charge is 0.290 e. The Labute approximate surface area is 178 Å². The number of amides is 3. The van der Waals surface area contributed by atoms with Crippen molar-refractivity contribution in [1.82, 2.24) is 5.32 Å². The van der Waals surface area contributed by atoms with Gasteiger partial charge in [0.25, 0.3) is 11.1 Å². The van der Waals surface area contributed by atoms with E-state index in [2.05, 4.69) is 5.32 Å². The first kappa shape index (κ1) is 19.7. The van der Waals surface area contributed by atoms with E-state index < -0.39 is 5.91 Å². The van der Waals surface area contributed by atoms with Crippen LogP contribution in [0.25, 0.3) is 17.2 Å². The molecule has 3 aromatic carbocycles. The summed E-state index contributed by atoms with van der Waals surface area (Å²) in [4.78, 5) is 35.3. The number of nitrogens with one attached hydrogen (secondary N) is 1. The van der Waals surface area contributed by atoms with Gasteiger partial charge in [0, 0.05) is 5.56 Å². The lowest BCUT2D eigenvalue weighted by molar-refractivity contribution is -0.115. The first-order valence-corrected chi connectivity index (χ1v) is 10.1. The lowest BCUT2D eigenvalue weighted by atomic mass is 9.92. The number of rotatable bonds is 5. The molecule has 0 radical (unpaired) electrons.